The molecule has 1 amide bonds. The molecule has 0 aliphatic carbocycles. The number of aromatic amines is 1. The predicted octanol–water partition coefficient (Wildman–Crippen LogP) is 2.40. The van der Waals surface area contributed by atoms with Crippen molar-refractivity contribution in [2.45, 2.75) is 26.3 Å². The van der Waals surface area contributed by atoms with E-state index >= 15 is 0 Å². The van der Waals surface area contributed by atoms with Crippen molar-refractivity contribution >= 4 is 11.6 Å². The molecule has 0 bridgehead atoms. The van der Waals surface area contributed by atoms with Crippen molar-refractivity contribution in [1.29, 1.82) is 0 Å². The number of nitrogens with one attached hydrogen (secondary N) is 2. The van der Waals surface area contributed by atoms with Gasteiger partial charge in [0.2, 0.25) is 5.91 Å². The summed E-state index contributed by atoms with van der Waals surface area (Å²) in [5.74, 6) is 0.849. The maximum atomic E-state index is 12.1. The number of anilines is 1. The van der Waals surface area contributed by atoms with Crippen molar-refractivity contribution < 1.29 is 9.53 Å². The fraction of sp³-hybridized carbons (Fsp3) is 0.375. The minimum Gasteiger partial charge on any atom is -0.496 e. The Hall–Kier alpha value is -2.34. The van der Waals surface area contributed by atoms with E-state index in [9.17, 15) is 4.79 Å². The van der Waals surface area contributed by atoms with Gasteiger partial charge in [-0.1, -0.05) is 13.8 Å². The van der Waals surface area contributed by atoms with Gasteiger partial charge >= 0.3 is 0 Å². The zero-order valence-electron chi connectivity index (χ0n) is 13.1. The lowest BCUT2D eigenvalue weighted by Gasteiger charge is -2.15. The number of hydrogen-bond acceptors (Lipinski definition) is 4. The van der Waals surface area contributed by atoms with Crippen LogP contribution in [0.4, 0.5) is 5.69 Å². The highest BCUT2D eigenvalue weighted by atomic mass is 16.5. The molecule has 2 rings (SSSR count). The van der Waals surface area contributed by atoms with Gasteiger partial charge in [-0.2, -0.15) is 5.10 Å². The Morgan fingerprint density at radius 3 is 2.82 bits per heavy atom. The Labute approximate surface area is 130 Å². The molecule has 0 unspecified atom stereocenters. The number of H-pyrrole nitrogens is 1. The van der Waals surface area contributed by atoms with Crippen LogP contribution in [0.1, 0.15) is 20.3 Å². The summed E-state index contributed by atoms with van der Waals surface area (Å²) < 4.78 is 5.39. The summed E-state index contributed by atoms with van der Waals surface area (Å²) in [6.07, 6.45) is 4.15. The second-order valence-corrected chi connectivity index (χ2v) is 5.63. The van der Waals surface area contributed by atoms with E-state index in [4.69, 9.17) is 10.5 Å². The molecule has 118 valence electrons. The van der Waals surface area contributed by atoms with E-state index in [1.165, 1.54) is 0 Å². The first-order valence-electron chi connectivity index (χ1n) is 7.25. The highest BCUT2D eigenvalue weighted by Gasteiger charge is 2.16. The molecule has 0 fully saturated rings. The van der Waals surface area contributed by atoms with Crippen LogP contribution in [0.15, 0.2) is 30.6 Å². The van der Waals surface area contributed by atoms with Gasteiger partial charge in [0.15, 0.2) is 0 Å². The largest absolute Gasteiger partial charge is 0.496 e. The first-order chi connectivity index (χ1) is 10.5. The molecule has 6 heteroatoms. The van der Waals surface area contributed by atoms with Gasteiger partial charge in [-0.3, -0.25) is 9.89 Å². The first-order valence-corrected chi connectivity index (χ1v) is 7.25. The lowest BCUT2D eigenvalue weighted by Crippen LogP contribution is -2.36. The van der Waals surface area contributed by atoms with Crippen LogP contribution in [0.25, 0.3) is 11.1 Å². The number of ether oxygens (including phenoxy) is 1. The third-order valence-electron chi connectivity index (χ3n) is 3.34. The Kier molecular flexibility index (Phi) is 5.16. The second kappa shape index (κ2) is 7.09. The van der Waals surface area contributed by atoms with Gasteiger partial charge in [-0.05, 0) is 24.5 Å². The number of methoxy groups -OCH3 is 1. The van der Waals surface area contributed by atoms with Gasteiger partial charge in [0, 0.05) is 29.1 Å². The van der Waals surface area contributed by atoms with Crippen molar-refractivity contribution in [2.75, 3.05) is 12.4 Å². The molecule has 0 spiro atoms. The molecule has 6 nitrogen and oxygen atoms in total. The highest BCUT2D eigenvalue weighted by Crippen LogP contribution is 2.31. The molecular weight excluding hydrogens is 280 g/mol. The molecule has 22 heavy (non-hydrogen) atoms. The normalized spacial score (nSPS) is 12.2. The maximum Gasteiger partial charge on any atom is 0.241 e. The summed E-state index contributed by atoms with van der Waals surface area (Å²) in [4.78, 5) is 12.1. The molecule has 0 saturated heterocycles. The highest BCUT2D eigenvalue weighted by molar-refractivity contribution is 5.95. The number of nitrogens with two attached hydrogens (primary N) is 1. The van der Waals surface area contributed by atoms with Crippen LogP contribution in [0, 0.1) is 5.92 Å². The summed E-state index contributed by atoms with van der Waals surface area (Å²) in [6.45, 7) is 4.08. The van der Waals surface area contributed by atoms with Crippen molar-refractivity contribution in [3.63, 3.8) is 0 Å². The topological polar surface area (TPSA) is 93.0 Å². The van der Waals surface area contributed by atoms with Crippen LogP contribution < -0.4 is 15.8 Å². The van der Waals surface area contributed by atoms with Gasteiger partial charge in [0.05, 0.1) is 19.3 Å². The molecule has 0 radical (unpaired) electrons. The summed E-state index contributed by atoms with van der Waals surface area (Å²) in [6, 6.07) is 4.97. The summed E-state index contributed by atoms with van der Waals surface area (Å²) in [7, 11) is 1.59. The van der Waals surface area contributed by atoms with Gasteiger partial charge in [-0.15, -0.1) is 0 Å². The van der Waals surface area contributed by atoms with Crippen molar-refractivity contribution in [2.24, 2.45) is 11.7 Å². The molecule has 0 aliphatic heterocycles. The van der Waals surface area contributed by atoms with Gasteiger partial charge in [-0.25, -0.2) is 0 Å². The Balaban J connectivity index is 2.15. The zero-order chi connectivity index (χ0) is 16.1. The minimum absolute atomic E-state index is 0.188. The lowest BCUT2D eigenvalue weighted by molar-refractivity contribution is -0.117. The van der Waals surface area contributed by atoms with Crippen molar-refractivity contribution in [1.82, 2.24) is 10.2 Å². The first kappa shape index (κ1) is 16.0. The third-order valence-corrected chi connectivity index (χ3v) is 3.34. The molecule has 1 aromatic heterocycles. The number of benzene rings is 1. The molecular formula is C16H22N4O2. The van der Waals surface area contributed by atoms with E-state index < -0.39 is 6.04 Å². The van der Waals surface area contributed by atoms with Crippen LogP contribution in [0.2, 0.25) is 0 Å². The quantitative estimate of drug-likeness (QED) is 0.764. The van der Waals surface area contributed by atoms with E-state index in [2.05, 4.69) is 15.5 Å². The Bertz CT molecular complexity index is 623. The molecule has 2 aromatic rings. The number of aromatic nitrogens is 2. The molecule has 0 saturated carbocycles. The van der Waals surface area contributed by atoms with Crippen LogP contribution in [-0.2, 0) is 4.79 Å². The average Bonchev–Trinajstić information content (AvgIpc) is 3.00. The fourth-order valence-corrected chi connectivity index (χ4v) is 2.26. The van der Waals surface area contributed by atoms with Crippen LogP contribution >= 0.6 is 0 Å². The van der Waals surface area contributed by atoms with E-state index in [1.807, 2.05) is 26.0 Å². The van der Waals surface area contributed by atoms with Crippen LogP contribution in [0.3, 0.4) is 0 Å². The van der Waals surface area contributed by atoms with Gasteiger partial charge < -0.3 is 15.8 Å². The number of amides is 1. The molecule has 4 N–H and O–H groups in total. The number of carbonyl (C=O) groups excluding carboxylic acids is 1. The fourth-order valence-electron chi connectivity index (χ4n) is 2.26. The van der Waals surface area contributed by atoms with E-state index in [-0.39, 0.29) is 5.91 Å². The molecule has 0 aliphatic rings. The minimum atomic E-state index is -0.514. The molecule has 1 heterocycles. The van der Waals surface area contributed by atoms with Gasteiger partial charge in [0.1, 0.15) is 5.75 Å². The van der Waals surface area contributed by atoms with Crippen molar-refractivity contribution in [3.8, 4) is 16.9 Å². The number of nitrogens with zero attached hydrogens (tertiary/aromatic N) is 1. The molecule has 1 aromatic carbocycles. The van der Waals surface area contributed by atoms with Crippen molar-refractivity contribution in [3.05, 3.63) is 30.6 Å². The molecule has 1 atom stereocenters. The summed E-state index contributed by atoms with van der Waals surface area (Å²) in [5.41, 5.74) is 8.37. The number of rotatable bonds is 6. The Morgan fingerprint density at radius 2 is 2.23 bits per heavy atom. The summed E-state index contributed by atoms with van der Waals surface area (Å²) >= 11 is 0. The SMILES string of the molecule is COc1cc(NC(=O)[C@H](N)CC(C)C)ccc1-c1cn[nH]c1. The average molecular weight is 302 g/mol. The predicted molar refractivity (Wildman–Crippen MR) is 86.6 cm³/mol. The summed E-state index contributed by atoms with van der Waals surface area (Å²) in [5, 5.41) is 9.52. The zero-order valence-corrected chi connectivity index (χ0v) is 13.1. The standard InChI is InChI=1S/C16H22N4O2/c1-10(2)6-14(17)16(21)20-12-4-5-13(15(7-12)22-3)11-8-18-19-9-11/h4-5,7-10,14H,6,17H2,1-3H3,(H,18,19)(H,20,21)/t14-/m1/s1. The lowest BCUT2D eigenvalue weighted by atomic mass is 10.0. The second-order valence-electron chi connectivity index (χ2n) is 5.63. The van der Waals surface area contributed by atoms with Gasteiger partial charge in [0.25, 0.3) is 0 Å². The third kappa shape index (κ3) is 3.85. The van der Waals surface area contributed by atoms with E-state index in [1.54, 1.807) is 25.6 Å². The van der Waals surface area contributed by atoms with E-state index in [0.29, 0.717) is 23.8 Å². The number of carbonyl (C=O) groups is 1. The van der Waals surface area contributed by atoms with Crippen LogP contribution in [-0.4, -0.2) is 29.3 Å². The maximum absolute atomic E-state index is 12.1. The van der Waals surface area contributed by atoms with Crippen LogP contribution in [0.5, 0.6) is 5.75 Å². The number of hydrogen-bond donors (Lipinski definition) is 3. The monoisotopic (exact) mass is 302 g/mol. The Morgan fingerprint density at radius 1 is 1.45 bits per heavy atom. The van der Waals surface area contributed by atoms with E-state index in [0.717, 1.165) is 11.1 Å². The smallest absolute Gasteiger partial charge is 0.241 e.